The Morgan fingerprint density at radius 3 is 2.50 bits per heavy atom. The van der Waals surface area contributed by atoms with E-state index in [1.165, 1.54) is 42.5 Å². The third kappa shape index (κ3) is 5.70. The fourth-order valence-electron chi connectivity index (χ4n) is 2.97. The molecule has 0 heterocycles. The monoisotopic (exact) mass is 449 g/mol. The third-order valence-electron chi connectivity index (χ3n) is 4.29. The molecule has 0 fully saturated rings. The highest BCUT2D eigenvalue weighted by Crippen LogP contribution is 2.31. The molecule has 30 heavy (non-hydrogen) atoms. The Morgan fingerprint density at radius 1 is 1.07 bits per heavy atom. The number of benzene rings is 2. The number of alkyl halides is 5. The van der Waals surface area contributed by atoms with Crippen molar-refractivity contribution in [2.75, 3.05) is 0 Å². The van der Waals surface area contributed by atoms with Gasteiger partial charge in [0.15, 0.2) is 0 Å². The van der Waals surface area contributed by atoms with Crippen LogP contribution in [0.5, 0.6) is 11.5 Å². The lowest BCUT2D eigenvalue weighted by molar-refractivity contribution is -0.274. The SMILES string of the molecule is O=S(=O)(NCc1ccccc1OC(F)(F)F)C1=Cc2ccc(OC(F)F)cc2CC1. The predicted molar refractivity (Wildman–Crippen MR) is 98.3 cm³/mol. The summed E-state index contributed by atoms with van der Waals surface area (Å²) in [6, 6.07) is 9.39. The number of para-hydroxylation sites is 1. The summed E-state index contributed by atoms with van der Waals surface area (Å²) < 4.78 is 97.9. The molecule has 162 valence electrons. The molecule has 0 spiro atoms. The van der Waals surface area contributed by atoms with Crippen molar-refractivity contribution in [2.24, 2.45) is 0 Å². The van der Waals surface area contributed by atoms with Gasteiger partial charge in [0.25, 0.3) is 0 Å². The molecule has 0 saturated heterocycles. The first-order valence-corrected chi connectivity index (χ1v) is 10.1. The molecule has 0 aliphatic heterocycles. The van der Waals surface area contributed by atoms with E-state index in [4.69, 9.17) is 0 Å². The lowest BCUT2D eigenvalue weighted by Crippen LogP contribution is -2.26. The van der Waals surface area contributed by atoms with Crippen LogP contribution in [0.15, 0.2) is 47.4 Å². The Kier molecular flexibility index (Phi) is 6.32. The summed E-state index contributed by atoms with van der Waals surface area (Å²) in [7, 11) is -3.99. The molecule has 0 bridgehead atoms. The number of sulfonamides is 1. The van der Waals surface area contributed by atoms with E-state index in [1.54, 1.807) is 0 Å². The van der Waals surface area contributed by atoms with Crippen LogP contribution >= 0.6 is 0 Å². The molecule has 2 aromatic carbocycles. The highest BCUT2D eigenvalue weighted by atomic mass is 32.2. The normalized spacial score (nSPS) is 14.3. The minimum Gasteiger partial charge on any atom is -0.435 e. The fourth-order valence-corrected chi connectivity index (χ4v) is 4.15. The number of nitrogens with one attached hydrogen (secondary N) is 1. The maximum absolute atomic E-state index is 12.6. The molecule has 1 N–H and O–H groups in total. The van der Waals surface area contributed by atoms with Crippen molar-refractivity contribution in [3.05, 3.63) is 64.1 Å². The van der Waals surface area contributed by atoms with Gasteiger partial charge in [0.1, 0.15) is 11.5 Å². The van der Waals surface area contributed by atoms with Gasteiger partial charge in [-0.05, 0) is 48.2 Å². The highest BCUT2D eigenvalue weighted by Gasteiger charge is 2.32. The quantitative estimate of drug-likeness (QED) is 0.628. The van der Waals surface area contributed by atoms with Gasteiger partial charge in [0, 0.05) is 12.1 Å². The smallest absolute Gasteiger partial charge is 0.435 e. The van der Waals surface area contributed by atoms with Crippen LogP contribution in [0.1, 0.15) is 23.1 Å². The van der Waals surface area contributed by atoms with Gasteiger partial charge < -0.3 is 9.47 Å². The summed E-state index contributed by atoms with van der Waals surface area (Å²) in [4.78, 5) is 0.0340. The van der Waals surface area contributed by atoms with Crippen molar-refractivity contribution in [1.82, 2.24) is 4.72 Å². The fraction of sp³-hybridized carbons (Fsp3) is 0.263. The Morgan fingerprint density at radius 2 is 1.80 bits per heavy atom. The molecule has 0 amide bonds. The highest BCUT2D eigenvalue weighted by molar-refractivity contribution is 7.93. The standard InChI is InChI=1S/C19H16F5NO4S/c20-18(21)28-15-7-5-13-10-16(8-6-12(13)9-15)30(26,27)25-11-14-3-1-2-4-17(14)29-19(22,23)24/h1-5,7,9-10,18,25H,6,8,11H2. The van der Waals surface area contributed by atoms with E-state index in [0.29, 0.717) is 11.1 Å². The Balaban J connectivity index is 1.75. The largest absolute Gasteiger partial charge is 0.573 e. The summed E-state index contributed by atoms with van der Waals surface area (Å²) in [6.45, 7) is -3.37. The predicted octanol–water partition coefficient (Wildman–Crippen LogP) is 4.59. The van der Waals surface area contributed by atoms with E-state index in [2.05, 4.69) is 14.2 Å². The van der Waals surface area contributed by atoms with Gasteiger partial charge in [-0.1, -0.05) is 24.3 Å². The number of allylic oxidation sites excluding steroid dienone is 1. The van der Waals surface area contributed by atoms with Crippen LogP contribution in [0.2, 0.25) is 0 Å². The van der Waals surface area contributed by atoms with E-state index in [9.17, 15) is 30.4 Å². The first-order valence-electron chi connectivity index (χ1n) is 8.65. The minimum absolute atomic E-state index is 0.0176. The third-order valence-corrected chi connectivity index (χ3v) is 5.83. The minimum atomic E-state index is -4.91. The van der Waals surface area contributed by atoms with Gasteiger partial charge in [-0.25, -0.2) is 13.1 Å². The number of fused-ring (bicyclic) bond motifs is 1. The molecule has 0 saturated carbocycles. The van der Waals surface area contributed by atoms with Crippen LogP contribution in [0, 0.1) is 0 Å². The molecule has 1 aliphatic carbocycles. The molecule has 5 nitrogen and oxygen atoms in total. The summed E-state index contributed by atoms with van der Waals surface area (Å²) in [6.07, 6.45) is -3.14. The molecule has 3 rings (SSSR count). The number of aryl methyl sites for hydroxylation is 1. The number of hydrogen-bond acceptors (Lipinski definition) is 4. The molecule has 0 atom stereocenters. The van der Waals surface area contributed by atoms with Gasteiger partial charge in [0.05, 0.1) is 4.91 Å². The average molecular weight is 449 g/mol. The van der Waals surface area contributed by atoms with Gasteiger partial charge in [-0.15, -0.1) is 13.2 Å². The van der Waals surface area contributed by atoms with Crippen LogP contribution in [0.25, 0.3) is 6.08 Å². The molecular weight excluding hydrogens is 433 g/mol. The first kappa shape index (κ1) is 22.0. The van der Waals surface area contributed by atoms with Crippen LogP contribution in [0.4, 0.5) is 22.0 Å². The molecular formula is C19H16F5NO4S. The Bertz CT molecular complexity index is 1050. The number of hydrogen-bond donors (Lipinski definition) is 1. The van der Waals surface area contributed by atoms with Crippen molar-refractivity contribution in [3.8, 4) is 11.5 Å². The van der Waals surface area contributed by atoms with Crippen LogP contribution in [-0.4, -0.2) is 21.4 Å². The van der Waals surface area contributed by atoms with Crippen molar-refractivity contribution >= 4 is 16.1 Å². The molecule has 1 aliphatic rings. The van der Waals surface area contributed by atoms with E-state index >= 15 is 0 Å². The van der Waals surface area contributed by atoms with Crippen molar-refractivity contribution < 1.29 is 39.8 Å². The maximum atomic E-state index is 12.6. The number of ether oxygens (including phenoxy) is 2. The van der Waals surface area contributed by atoms with Crippen molar-refractivity contribution in [3.63, 3.8) is 0 Å². The van der Waals surface area contributed by atoms with Gasteiger partial charge in [-0.3, -0.25) is 0 Å². The lowest BCUT2D eigenvalue weighted by Gasteiger charge is -2.19. The number of rotatable bonds is 7. The van der Waals surface area contributed by atoms with E-state index in [0.717, 1.165) is 6.07 Å². The zero-order chi connectivity index (χ0) is 21.9. The Labute approximate surface area is 169 Å². The number of halogens is 5. The molecule has 0 aromatic heterocycles. The summed E-state index contributed by atoms with van der Waals surface area (Å²) in [5.74, 6) is -0.523. The topological polar surface area (TPSA) is 64.6 Å². The molecule has 11 heteroatoms. The van der Waals surface area contributed by atoms with Gasteiger partial charge >= 0.3 is 13.0 Å². The van der Waals surface area contributed by atoms with E-state index < -0.39 is 35.3 Å². The van der Waals surface area contributed by atoms with Gasteiger partial charge in [0.2, 0.25) is 10.0 Å². The molecule has 2 aromatic rings. The second-order valence-corrected chi connectivity index (χ2v) is 8.15. The summed E-state index contributed by atoms with van der Waals surface area (Å²) in [5.41, 5.74) is 1.20. The van der Waals surface area contributed by atoms with E-state index in [1.807, 2.05) is 0 Å². The Hall–Kier alpha value is -2.66. The van der Waals surface area contributed by atoms with Crippen LogP contribution in [-0.2, 0) is 23.0 Å². The van der Waals surface area contributed by atoms with E-state index in [-0.39, 0.29) is 29.1 Å². The molecule has 0 unspecified atom stereocenters. The van der Waals surface area contributed by atoms with Crippen LogP contribution in [0.3, 0.4) is 0 Å². The second-order valence-electron chi connectivity index (χ2n) is 6.33. The first-order chi connectivity index (χ1) is 14.0. The average Bonchev–Trinajstić information content (AvgIpc) is 2.65. The summed E-state index contributed by atoms with van der Waals surface area (Å²) in [5, 5.41) is 0. The van der Waals surface area contributed by atoms with Crippen molar-refractivity contribution in [1.29, 1.82) is 0 Å². The lowest BCUT2D eigenvalue weighted by atomic mass is 9.97. The van der Waals surface area contributed by atoms with Crippen LogP contribution < -0.4 is 14.2 Å². The molecule has 0 radical (unpaired) electrons. The van der Waals surface area contributed by atoms with Crippen molar-refractivity contribution in [2.45, 2.75) is 32.4 Å². The zero-order valence-corrected chi connectivity index (χ0v) is 16.1. The second kappa shape index (κ2) is 8.60. The zero-order valence-electron chi connectivity index (χ0n) is 15.2. The van der Waals surface area contributed by atoms with Gasteiger partial charge in [-0.2, -0.15) is 8.78 Å². The summed E-state index contributed by atoms with van der Waals surface area (Å²) >= 11 is 0. The maximum Gasteiger partial charge on any atom is 0.573 e.